The highest BCUT2D eigenvalue weighted by molar-refractivity contribution is 7.92. The van der Waals surface area contributed by atoms with Gasteiger partial charge in [-0.3, -0.25) is 13.9 Å². The third-order valence-corrected chi connectivity index (χ3v) is 6.09. The van der Waals surface area contributed by atoms with Gasteiger partial charge in [0, 0.05) is 13.1 Å². The fraction of sp³-hybridized carbons (Fsp3) is 0.391. The summed E-state index contributed by atoms with van der Waals surface area (Å²) in [7, 11) is -3.89. The molecule has 32 heavy (non-hydrogen) atoms. The van der Waals surface area contributed by atoms with Crippen LogP contribution in [0.4, 0.5) is 10.1 Å². The summed E-state index contributed by atoms with van der Waals surface area (Å²) in [6, 6.07) is 11.8. The third-order valence-electron chi connectivity index (χ3n) is 4.95. The van der Waals surface area contributed by atoms with E-state index in [9.17, 15) is 22.4 Å². The van der Waals surface area contributed by atoms with Gasteiger partial charge in [-0.15, -0.1) is 0 Å². The number of carbonyl (C=O) groups excluding carboxylic acids is 2. The molecule has 0 aliphatic rings. The lowest BCUT2D eigenvalue weighted by molar-refractivity contribution is -0.140. The van der Waals surface area contributed by atoms with Crippen LogP contribution < -0.4 is 9.62 Å². The number of likely N-dealkylation sites (N-methyl/N-ethyl adjacent to an activating group) is 1. The Morgan fingerprint density at radius 3 is 2.34 bits per heavy atom. The molecule has 0 saturated carbocycles. The molecule has 0 aliphatic heterocycles. The molecule has 0 spiro atoms. The van der Waals surface area contributed by atoms with Gasteiger partial charge in [0.15, 0.2) is 0 Å². The van der Waals surface area contributed by atoms with E-state index < -0.39 is 34.3 Å². The van der Waals surface area contributed by atoms with Gasteiger partial charge in [-0.25, -0.2) is 12.8 Å². The van der Waals surface area contributed by atoms with Crippen molar-refractivity contribution in [1.82, 2.24) is 10.2 Å². The number of nitrogens with one attached hydrogen (secondary N) is 1. The Balaban J connectivity index is 2.43. The normalized spacial score (nSPS) is 12.2. The largest absolute Gasteiger partial charge is 0.355 e. The first-order chi connectivity index (χ1) is 15.1. The molecule has 0 aliphatic carbocycles. The maximum absolute atomic E-state index is 13.7. The van der Waals surface area contributed by atoms with E-state index in [1.54, 1.807) is 13.8 Å². The van der Waals surface area contributed by atoms with Crippen LogP contribution in [0.5, 0.6) is 0 Å². The summed E-state index contributed by atoms with van der Waals surface area (Å²) in [6.45, 7) is 5.48. The van der Waals surface area contributed by atoms with Gasteiger partial charge in [0.2, 0.25) is 21.8 Å². The van der Waals surface area contributed by atoms with Crippen LogP contribution in [0.2, 0.25) is 0 Å². The topological polar surface area (TPSA) is 86.8 Å². The summed E-state index contributed by atoms with van der Waals surface area (Å²) in [5.41, 5.74) is 1.86. The second-order valence-electron chi connectivity index (χ2n) is 7.58. The molecule has 2 amide bonds. The third kappa shape index (κ3) is 6.78. The summed E-state index contributed by atoms with van der Waals surface area (Å²) in [6.07, 6.45) is 1.30. The quantitative estimate of drug-likeness (QED) is 0.587. The highest BCUT2D eigenvalue weighted by Crippen LogP contribution is 2.20. The van der Waals surface area contributed by atoms with Crippen molar-refractivity contribution in [2.45, 2.75) is 39.8 Å². The number of rotatable bonds is 10. The predicted molar refractivity (Wildman–Crippen MR) is 123 cm³/mol. The lowest BCUT2D eigenvalue weighted by Crippen LogP contribution is -2.52. The second-order valence-corrected chi connectivity index (χ2v) is 9.49. The molecule has 0 fully saturated rings. The molecule has 9 heteroatoms. The maximum Gasteiger partial charge on any atom is 0.244 e. The number of anilines is 1. The number of halogens is 1. The number of aryl methyl sites for hydroxylation is 1. The summed E-state index contributed by atoms with van der Waals surface area (Å²) in [5.74, 6) is -1.49. The fourth-order valence-electron chi connectivity index (χ4n) is 3.46. The van der Waals surface area contributed by atoms with Gasteiger partial charge in [-0.05, 0) is 44.0 Å². The van der Waals surface area contributed by atoms with Crippen molar-refractivity contribution in [1.29, 1.82) is 0 Å². The van der Waals surface area contributed by atoms with E-state index in [0.717, 1.165) is 27.8 Å². The van der Waals surface area contributed by atoms with Crippen molar-refractivity contribution >= 4 is 27.5 Å². The van der Waals surface area contributed by atoms with Crippen LogP contribution in [0.15, 0.2) is 48.5 Å². The summed E-state index contributed by atoms with van der Waals surface area (Å²) in [5, 5.41) is 2.74. The van der Waals surface area contributed by atoms with Crippen molar-refractivity contribution in [2.75, 3.05) is 23.7 Å². The van der Waals surface area contributed by atoms with Gasteiger partial charge in [0.1, 0.15) is 18.4 Å². The van der Waals surface area contributed by atoms with Crippen molar-refractivity contribution in [3.8, 4) is 0 Å². The summed E-state index contributed by atoms with van der Waals surface area (Å²) in [4.78, 5) is 27.5. The van der Waals surface area contributed by atoms with E-state index in [1.165, 1.54) is 23.1 Å². The van der Waals surface area contributed by atoms with Gasteiger partial charge < -0.3 is 10.2 Å². The smallest absolute Gasteiger partial charge is 0.244 e. The summed E-state index contributed by atoms with van der Waals surface area (Å²) < 4.78 is 39.5. The first-order valence-electron chi connectivity index (χ1n) is 10.4. The van der Waals surface area contributed by atoms with E-state index in [-0.39, 0.29) is 18.1 Å². The van der Waals surface area contributed by atoms with Gasteiger partial charge >= 0.3 is 0 Å². The number of nitrogens with zero attached hydrogens (tertiary/aromatic N) is 2. The molecule has 0 bridgehead atoms. The predicted octanol–water partition coefficient (Wildman–Crippen LogP) is 2.84. The molecule has 0 radical (unpaired) electrons. The van der Waals surface area contributed by atoms with E-state index in [2.05, 4.69) is 5.32 Å². The second kappa shape index (κ2) is 11.1. The Hall–Kier alpha value is -2.94. The van der Waals surface area contributed by atoms with Crippen LogP contribution >= 0.6 is 0 Å². The van der Waals surface area contributed by atoms with E-state index in [4.69, 9.17) is 0 Å². The number of benzene rings is 2. The molecule has 0 heterocycles. The standard InChI is InChI=1S/C23H30FN3O4S/c1-5-21(23(29)25-6-2)26(15-18-10-7-9-17(3)13-18)22(28)16-27(32(4,30)31)20-12-8-11-19(24)14-20/h7-14,21H,5-6,15-16H2,1-4H3,(H,25,29)/t21-/m0/s1. The molecule has 174 valence electrons. The average Bonchev–Trinajstić information content (AvgIpc) is 2.71. The fourth-order valence-corrected chi connectivity index (χ4v) is 4.31. The minimum absolute atomic E-state index is 0.0439. The van der Waals surface area contributed by atoms with E-state index in [1.807, 2.05) is 31.2 Å². The first kappa shape index (κ1) is 25.3. The Kier molecular flexibility index (Phi) is 8.77. The lowest BCUT2D eigenvalue weighted by atomic mass is 10.1. The van der Waals surface area contributed by atoms with Crippen LogP contribution in [0.3, 0.4) is 0 Å². The maximum atomic E-state index is 13.7. The Labute approximate surface area is 189 Å². The van der Waals surface area contributed by atoms with Crippen molar-refractivity contribution < 1.29 is 22.4 Å². The average molecular weight is 464 g/mol. The highest BCUT2D eigenvalue weighted by Gasteiger charge is 2.31. The van der Waals surface area contributed by atoms with Crippen molar-refractivity contribution in [2.24, 2.45) is 0 Å². The highest BCUT2D eigenvalue weighted by atomic mass is 32.2. The Morgan fingerprint density at radius 1 is 1.09 bits per heavy atom. The SMILES string of the molecule is CCNC(=O)[C@H](CC)N(Cc1cccc(C)c1)C(=O)CN(c1cccc(F)c1)S(C)(=O)=O. The molecule has 0 aromatic heterocycles. The first-order valence-corrected chi connectivity index (χ1v) is 12.3. The van der Waals surface area contributed by atoms with Crippen molar-refractivity contribution in [3.05, 3.63) is 65.5 Å². The molecule has 2 rings (SSSR count). The molecule has 2 aromatic rings. The monoisotopic (exact) mass is 463 g/mol. The minimum Gasteiger partial charge on any atom is -0.355 e. The van der Waals surface area contributed by atoms with Crippen LogP contribution in [-0.4, -0.2) is 50.5 Å². The Morgan fingerprint density at radius 2 is 1.78 bits per heavy atom. The molecule has 1 atom stereocenters. The molecular weight excluding hydrogens is 433 g/mol. The van der Waals surface area contributed by atoms with Gasteiger partial charge in [-0.2, -0.15) is 0 Å². The number of hydrogen-bond donors (Lipinski definition) is 1. The van der Waals surface area contributed by atoms with Crippen molar-refractivity contribution in [3.63, 3.8) is 0 Å². The zero-order valence-electron chi connectivity index (χ0n) is 18.8. The van der Waals surface area contributed by atoms with E-state index in [0.29, 0.717) is 13.0 Å². The van der Waals surface area contributed by atoms with Gasteiger partial charge in [0.25, 0.3) is 0 Å². The number of hydrogen-bond acceptors (Lipinski definition) is 4. The van der Waals surface area contributed by atoms with Crippen LogP contribution in [0.25, 0.3) is 0 Å². The number of sulfonamides is 1. The zero-order chi connectivity index (χ0) is 23.9. The van der Waals surface area contributed by atoms with Gasteiger partial charge in [0.05, 0.1) is 11.9 Å². The molecule has 2 aromatic carbocycles. The van der Waals surface area contributed by atoms with E-state index >= 15 is 0 Å². The van der Waals surface area contributed by atoms with Crippen LogP contribution in [-0.2, 0) is 26.2 Å². The van der Waals surface area contributed by atoms with Gasteiger partial charge in [-0.1, -0.05) is 42.8 Å². The molecule has 0 unspecified atom stereocenters. The number of carbonyl (C=O) groups is 2. The molecule has 1 N–H and O–H groups in total. The summed E-state index contributed by atoms with van der Waals surface area (Å²) >= 11 is 0. The number of amides is 2. The van der Waals surface area contributed by atoms with Crippen LogP contribution in [0, 0.1) is 12.7 Å². The minimum atomic E-state index is -3.89. The molecule has 0 saturated heterocycles. The molecule has 7 nitrogen and oxygen atoms in total. The van der Waals surface area contributed by atoms with Crippen LogP contribution in [0.1, 0.15) is 31.4 Å². The molecular formula is C23H30FN3O4S. The zero-order valence-corrected chi connectivity index (χ0v) is 19.7. The Bertz CT molecular complexity index is 1060. The lowest BCUT2D eigenvalue weighted by Gasteiger charge is -2.32.